The van der Waals surface area contributed by atoms with Crippen LogP contribution in [0.4, 0.5) is 5.69 Å². The van der Waals surface area contributed by atoms with Gasteiger partial charge in [-0.2, -0.15) is 0 Å². The molecular formula is C20H25N3O. The minimum absolute atomic E-state index is 0.0963. The average Bonchev–Trinajstić information content (AvgIpc) is 2.52. The zero-order chi connectivity index (χ0) is 17.1. The Morgan fingerprint density at radius 3 is 2.50 bits per heavy atom. The Hall–Kier alpha value is -2.36. The molecule has 0 bridgehead atoms. The third kappa shape index (κ3) is 3.94. The fourth-order valence-electron chi connectivity index (χ4n) is 2.91. The number of hydrogen-bond acceptors (Lipinski definition) is 3. The number of amides is 1. The Morgan fingerprint density at radius 1 is 1.21 bits per heavy atom. The van der Waals surface area contributed by atoms with E-state index in [2.05, 4.69) is 59.4 Å². The molecule has 1 aliphatic rings. The molecule has 1 saturated heterocycles. The summed E-state index contributed by atoms with van der Waals surface area (Å²) in [4.78, 5) is 18.7. The second-order valence-corrected chi connectivity index (χ2v) is 6.90. The molecule has 2 heterocycles. The molecule has 3 rings (SSSR count). The molecule has 1 fully saturated rings. The fraction of sp³-hybridized carbons (Fsp3) is 0.400. The Balaban J connectivity index is 1.46. The van der Waals surface area contributed by atoms with Crippen molar-refractivity contribution < 1.29 is 4.79 Å². The van der Waals surface area contributed by atoms with E-state index in [1.165, 1.54) is 5.56 Å². The van der Waals surface area contributed by atoms with Crippen LogP contribution in [-0.4, -0.2) is 30.0 Å². The second-order valence-electron chi connectivity index (χ2n) is 6.90. The van der Waals surface area contributed by atoms with Gasteiger partial charge in [0.15, 0.2) is 0 Å². The number of benzene rings is 1. The highest BCUT2D eigenvalue weighted by Crippen LogP contribution is 2.20. The van der Waals surface area contributed by atoms with Crippen molar-refractivity contribution >= 4 is 11.6 Å². The van der Waals surface area contributed by atoms with Crippen molar-refractivity contribution in [2.45, 2.75) is 39.2 Å². The number of carbonyl (C=O) groups excluding carboxylic acids is 1. The Bertz CT molecular complexity index is 686. The fourth-order valence-corrected chi connectivity index (χ4v) is 2.91. The lowest BCUT2D eigenvalue weighted by molar-refractivity contribution is -0.121. The summed E-state index contributed by atoms with van der Waals surface area (Å²) < 4.78 is 0. The van der Waals surface area contributed by atoms with Crippen LogP contribution >= 0.6 is 0 Å². The van der Waals surface area contributed by atoms with Gasteiger partial charge in [-0.15, -0.1) is 0 Å². The lowest BCUT2D eigenvalue weighted by atomic mass is 10.0. The second kappa shape index (κ2) is 7.04. The van der Waals surface area contributed by atoms with Crippen molar-refractivity contribution in [2.75, 3.05) is 18.0 Å². The highest BCUT2D eigenvalue weighted by molar-refractivity contribution is 5.79. The van der Waals surface area contributed by atoms with Crippen molar-refractivity contribution in [3.63, 3.8) is 0 Å². The maximum absolute atomic E-state index is 12.2. The number of pyridine rings is 1. The van der Waals surface area contributed by atoms with Crippen molar-refractivity contribution in [3.05, 3.63) is 59.4 Å². The van der Waals surface area contributed by atoms with Crippen LogP contribution in [0.2, 0.25) is 0 Å². The molecule has 1 N–H and O–H groups in total. The van der Waals surface area contributed by atoms with Gasteiger partial charge in [0, 0.05) is 18.8 Å². The number of aromatic nitrogens is 1. The molecule has 126 valence electrons. The number of aryl methyl sites for hydroxylation is 1. The molecule has 0 saturated carbocycles. The van der Waals surface area contributed by atoms with E-state index in [1.807, 2.05) is 19.2 Å². The summed E-state index contributed by atoms with van der Waals surface area (Å²) in [6, 6.07) is 12.7. The molecule has 4 nitrogen and oxygen atoms in total. The molecule has 0 unspecified atom stereocenters. The molecule has 0 radical (unpaired) electrons. The van der Waals surface area contributed by atoms with E-state index < -0.39 is 0 Å². The molecule has 4 heteroatoms. The first-order chi connectivity index (χ1) is 11.5. The summed E-state index contributed by atoms with van der Waals surface area (Å²) in [5.41, 5.74) is 4.51. The summed E-state index contributed by atoms with van der Waals surface area (Å²) in [6.45, 7) is 8.03. The molecule has 0 atom stereocenters. The first kappa shape index (κ1) is 16.5. The molecule has 1 amide bonds. The predicted octanol–water partition coefficient (Wildman–Crippen LogP) is 3.06. The maximum Gasteiger partial charge on any atom is 0.224 e. The summed E-state index contributed by atoms with van der Waals surface area (Å²) in [5.74, 6) is 0.615. The molecule has 0 spiro atoms. The number of rotatable bonds is 5. The normalized spacial score (nSPS) is 14.6. The molecular weight excluding hydrogens is 298 g/mol. The van der Waals surface area contributed by atoms with Gasteiger partial charge in [-0.1, -0.05) is 38.1 Å². The van der Waals surface area contributed by atoms with Crippen LogP contribution in [0.3, 0.4) is 0 Å². The molecule has 2 aromatic rings. The van der Waals surface area contributed by atoms with Crippen LogP contribution in [0.1, 0.15) is 36.6 Å². The molecule has 24 heavy (non-hydrogen) atoms. The van der Waals surface area contributed by atoms with Crippen LogP contribution in [0.15, 0.2) is 42.6 Å². The van der Waals surface area contributed by atoms with Gasteiger partial charge in [0.2, 0.25) is 5.91 Å². The minimum Gasteiger partial charge on any atom is -0.366 e. The van der Waals surface area contributed by atoms with Gasteiger partial charge in [-0.05, 0) is 36.1 Å². The van der Waals surface area contributed by atoms with E-state index >= 15 is 0 Å². The van der Waals surface area contributed by atoms with Crippen LogP contribution < -0.4 is 10.2 Å². The third-order valence-corrected chi connectivity index (χ3v) is 4.52. The minimum atomic E-state index is 0.0963. The van der Waals surface area contributed by atoms with Crippen LogP contribution in [-0.2, 0) is 11.2 Å². The van der Waals surface area contributed by atoms with Gasteiger partial charge in [-0.3, -0.25) is 9.78 Å². The Morgan fingerprint density at radius 2 is 1.92 bits per heavy atom. The first-order valence-corrected chi connectivity index (χ1v) is 8.57. The summed E-state index contributed by atoms with van der Waals surface area (Å²) >= 11 is 0. The van der Waals surface area contributed by atoms with Gasteiger partial charge in [0.05, 0.1) is 24.3 Å². The largest absolute Gasteiger partial charge is 0.366 e. The van der Waals surface area contributed by atoms with E-state index in [0.29, 0.717) is 12.3 Å². The summed E-state index contributed by atoms with van der Waals surface area (Å²) in [6.07, 6.45) is 2.34. The van der Waals surface area contributed by atoms with E-state index in [0.717, 1.165) is 30.0 Å². The number of hydrogen-bond donors (Lipinski definition) is 1. The number of nitrogens with zero attached hydrogens (tertiary/aromatic N) is 2. The number of nitrogens with one attached hydrogen (secondary N) is 1. The number of anilines is 1. The zero-order valence-electron chi connectivity index (χ0n) is 14.6. The van der Waals surface area contributed by atoms with E-state index in [4.69, 9.17) is 0 Å². The van der Waals surface area contributed by atoms with Crippen molar-refractivity contribution in [2.24, 2.45) is 0 Å². The van der Waals surface area contributed by atoms with Gasteiger partial charge in [0.1, 0.15) is 0 Å². The highest BCUT2D eigenvalue weighted by Gasteiger charge is 2.28. The maximum atomic E-state index is 12.2. The molecule has 1 aromatic carbocycles. The van der Waals surface area contributed by atoms with Crippen molar-refractivity contribution in [1.29, 1.82) is 0 Å². The smallest absolute Gasteiger partial charge is 0.224 e. The average molecular weight is 323 g/mol. The zero-order valence-corrected chi connectivity index (χ0v) is 14.6. The summed E-state index contributed by atoms with van der Waals surface area (Å²) in [5, 5.41) is 3.11. The third-order valence-electron chi connectivity index (χ3n) is 4.52. The molecule has 0 aliphatic carbocycles. The van der Waals surface area contributed by atoms with Gasteiger partial charge >= 0.3 is 0 Å². The van der Waals surface area contributed by atoms with Crippen molar-refractivity contribution in [3.8, 4) is 0 Å². The standard InChI is InChI=1S/C20H25N3O/c1-14(2)17-7-5-16(6-8-17)10-20(24)22-18-12-23(13-18)19-9-4-15(3)21-11-19/h4-9,11,14,18H,10,12-13H2,1-3H3,(H,22,24). The lowest BCUT2D eigenvalue weighted by Gasteiger charge is -2.41. The topological polar surface area (TPSA) is 45.2 Å². The highest BCUT2D eigenvalue weighted by atomic mass is 16.1. The molecule has 1 aliphatic heterocycles. The van der Waals surface area contributed by atoms with Gasteiger partial charge in [0.25, 0.3) is 0 Å². The van der Waals surface area contributed by atoms with E-state index in [9.17, 15) is 4.79 Å². The quantitative estimate of drug-likeness (QED) is 0.920. The Labute approximate surface area is 143 Å². The Kier molecular flexibility index (Phi) is 4.84. The SMILES string of the molecule is Cc1ccc(N2CC(NC(=O)Cc3ccc(C(C)C)cc3)C2)cn1. The molecule has 1 aromatic heterocycles. The first-order valence-electron chi connectivity index (χ1n) is 8.57. The monoisotopic (exact) mass is 323 g/mol. The van der Waals surface area contributed by atoms with Crippen LogP contribution in [0, 0.1) is 6.92 Å². The van der Waals surface area contributed by atoms with Gasteiger partial charge in [-0.25, -0.2) is 0 Å². The van der Waals surface area contributed by atoms with E-state index in [1.54, 1.807) is 0 Å². The summed E-state index contributed by atoms with van der Waals surface area (Å²) in [7, 11) is 0. The van der Waals surface area contributed by atoms with E-state index in [-0.39, 0.29) is 11.9 Å². The van der Waals surface area contributed by atoms with Crippen molar-refractivity contribution in [1.82, 2.24) is 10.3 Å². The lowest BCUT2D eigenvalue weighted by Crippen LogP contribution is -2.59. The van der Waals surface area contributed by atoms with Crippen LogP contribution in [0.5, 0.6) is 0 Å². The number of carbonyl (C=O) groups is 1. The van der Waals surface area contributed by atoms with Crippen LogP contribution in [0.25, 0.3) is 0 Å². The van der Waals surface area contributed by atoms with Gasteiger partial charge < -0.3 is 10.2 Å². The predicted molar refractivity (Wildman–Crippen MR) is 97.4 cm³/mol.